The van der Waals surface area contributed by atoms with Crippen molar-refractivity contribution in [2.24, 2.45) is 7.05 Å². The van der Waals surface area contributed by atoms with Crippen molar-refractivity contribution < 1.29 is 0 Å². The van der Waals surface area contributed by atoms with E-state index in [1.807, 2.05) is 13.1 Å². The lowest BCUT2D eigenvalue weighted by atomic mass is 9.78. The standard InChI is InChI=1S/C15H23N5/c1-11(14-17-18-19-20(14)5)16-12(2)15(3,4)13-9-7-6-8-10-13/h6-12,16H,1-5H3. The fraction of sp³-hybridized carbons (Fsp3) is 0.533. The predicted octanol–water partition coefficient (Wildman–Crippen LogP) is 2.23. The van der Waals surface area contributed by atoms with Gasteiger partial charge in [0.1, 0.15) is 0 Å². The third-order valence-electron chi connectivity index (χ3n) is 4.14. The smallest absolute Gasteiger partial charge is 0.167 e. The minimum Gasteiger partial charge on any atom is -0.304 e. The molecule has 2 aromatic rings. The van der Waals surface area contributed by atoms with E-state index >= 15 is 0 Å². The summed E-state index contributed by atoms with van der Waals surface area (Å²) in [6.07, 6.45) is 0. The van der Waals surface area contributed by atoms with Crippen molar-refractivity contribution in [3.05, 3.63) is 41.7 Å². The second-order valence-corrected chi connectivity index (χ2v) is 5.86. The Hall–Kier alpha value is -1.75. The summed E-state index contributed by atoms with van der Waals surface area (Å²) in [6, 6.07) is 11.0. The van der Waals surface area contributed by atoms with Crippen LogP contribution < -0.4 is 5.32 Å². The lowest BCUT2D eigenvalue weighted by Crippen LogP contribution is -2.44. The van der Waals surface area contributed by atoms with Crippen LogP contribution in [0, 0.1) is 0 Å². The first-order chi connectivity index (χ1) is 9.43. The van der Waals surface area contributed by atoms with Gasteiger partial charge in [-0.05, 0) is 29.8 Å². The van der Waals surface area contributed by atoms with Gasteiger partial charge in [0.2, 0.25) is 0 Å². The average Bonchev–Trinajstić information content (AvgIpc) is 2.86. The van der Waals surface area contributed by atoms with Crippen molar-refractivity contribution >= 4 is 0 Å². The summed E-state index contributed by atoms with van der Waals surface area (Å²) in [5.74, 6) is 0.848. The lowest BCUT2D eigenvalue weighted by molar-refractivity contribution is 0.326. The Morgan fingerprint density at radius 3 is 2.35 bits per heavy atom. The monoisotopic (exact) mass is 273 g/mol. The van der Waals surface area contributed by atoms with Gasteiger partial charge in [-0.1, -0.05) is 44.2 Å². The van der Waals surface area contributed by atoms with Gasteiger partial charge in [0, 0.05) is 18.5 Å². The number of nitrogens with zero attached hydrogens (tertiary/aromatic N) is 4. The van der Waals surface area contributed by atoms with Crippen LogP contribution in [0.15, 0.2) is 30.3 Å². The van der Waals surface area contributed by atoms with E-state index in [9.17, 15) is 0 Å². The molecule has 0 amide bonds. The highest BCUT2D eigenvalue weighted by Gasteiger charge is 2.29. The maximum Gasteiger partial charge on any atom is 0.167 e. The van der Waals surface area contributed by atoms with E-state index in [1.54, 1.807) is 4.68 Å². The zero-order valence-corrected chi connectivity index (χ0v) is 12.8. The average molecular weight is 273 g/mol. The summed E-state index contributed by atoms with van der Waals surface area (Å²) in [6.45, 7) is 8.79. The molecule has 2 atom stereocenters. The fourth-order valence-corrected chi connectivity index (χ4v) is 2.38. The third kappa shape index (κ3) is 2.88. The lowest BCUT2D eigenvalue weighted by Gasteiger charge is -2.34. The molecule has 1 heterocycles. The molecule has 108 valence electrons. The van der Waals surface area contributed by atoms with Crippen LogP contribution in [0.3, 0.4) is 0 Å². The van der Waals surface area contributed by atoms with Crippen molar-refractivity contribution in [2.75, 3.05) is 0 Å². The number of tetrazole rings is 1. The Kier molecular flexibility index (Phi) is 4.18. The highest BCUT2D eigenvalue weighted by molar-refractivity contribution is 5.25. The van der Waals surface area contributed by atoms with E-state index in [-0.39, 0.29) is 17.5 Å². The molecule has 2 unspecified atom stereocenters. The van der Waals surface area contributed by atoms with E-state index < -0.39 is 0 Å². The molecular formula is C15H23N5. The Morgan fingerprint density at radius 2 is 1.80 bits per heavy atom. The number of aryl methyl sites for hydroxylation is 1. The summed E-state index contributed by atoms with van der Waals surface area (Å²) in [5.41, 5.74) is 1.35. The van der Waals surface area contributed by atoms with Gasteiger partial charge >= 0.3 is 0 Å². The molecule has 0 radical (unpaired) electrons. The molecule has 0 saturated carbocycles. The molecule has 0 aliphatic carbocycles. The van der Waals surface area contributed by atoms with Gasteiger partial charge in [0.15, 0.2) is 5.82 Å². The molecule has 1 aromatic carbocycles. The Morgan fingerprint density at radius 1 is 1.15 bits per heavy atom. The van der Waals surface area contributed by atoms with Crippen molar-refractivity contribution in [3.63, 3.8) is 0 Å². The molecule has 2 rings (SSSR count). The molecule has 0 fully saturated rings. The number of hydrogen-bond donors (Lipinski definition) is 1. The number of rotatable bonds is 5. The molecule has 20 heavy (non-hydrogen) atoms. The largest absolute Gasteiger partial charge is 0.304 e. The molecule has 0 aliphatic heterocycles. The highest BCUT2D eigenvalue weighted by Crippen LogP contribution is 2.28. The van der Waals surface area contributed by atoms with E-state index in [0.717, 1.165) is 5.82 Å². The maximum absolute atomic E-state index is 4.06. The summed E-state index contributed by atoms with van der Waals surface area (Å²) in [4.78, 5) is 0. The zero-order chi connectivity index (χ0) is 14.8. The van der Waals surface area contributed by atoms with E-state index in [0.29, 0.717) is 0 Å². The van der Waals surface area contributed by atoms with E-state index in [1.165, 1.54) is 5.56 Å². The summed E-state index contributed by atoms with van der Waals surface area (Å²) in [7, 11) is 1.86. The van der Waals surface area contributed by atoms with E-state index in [4.69, 9.17) is 0 Å². The molecule has 0 spiro atoms. The SMILES string of the molecule is CC(NC(C)C(C)(C)c1ccccc1)c1nnnn1C. The summed E-state index contributed by atoms with van der Waals surface area (Å²) < 4.78 is 1.71. The van der Waals surface area contributed by atoms with Gasteiger partial charge in [-0.15, -0.1) is 5.10 Å². The molecule has 0 aliphatic rings. The molecule has 1 N–H and O–H groups in total. The van der Waals surface area contributed by atoms with Crippen molar-refractivity contribution in [1.82, 2.24) is 25.5 Å². The number of hydrogen-bond acceptors (Lipinski definition) is 4. The number of benzene rings is 1. The molecule has 1 aromatic heterocycles. The van der Waals surface area contributed by atoms with Gasteiger partial charge in [0.05, 0.1) is 6.04 Å². The fourth-order valence-electron chi connectivity index (χ4n) is 2.38. The van der Waals surface area contributed by atoms with Crippen LogP contribution >= 0.6 is 0 Å². The Bertz CT molecular complexity index is 546. The van der Waals surface area contributed by atoms with Gasteiger partial charge in [-0.25, -0.2) is 4.68 Å². The first kappa shape index (κ1) is 14.7. The quantitative estimate of drug-likeness (QED) is 0.907. The molecule has 5 heteroatoms. The van der Waals surface area contributed by atoms with Gasteiger partial charge < -0.3 is 5.32 Å². The van der Waals surface area contributed by atoms with Gasteiger partial charge in [-0.2, -0.15) is 0 Å². The minimum atomic E-state index is 0.0293. The first-order valence-electron chi connectivity index (χ1n) is 6.96. The van der Waals surface area contributed by atoms with Crippen molar-refractivity contribution in [2.45, 2.75) is 45.2 Å². The second-order valence-electron chi connectivity index (χ2n) is 5.86. The third-order valence-corrected chi connectivity index (χ3v) is 4.14. The Balaban J connectivity index is 2.12. The highest BCUT2D eigenvalue weighted by atomic mass is 15.5. The van der Waals surface area contributed by atoms with Crippen LogP contribution in [0.5, 0.6) is 0 Å². The van der Waals surface area contributed by atoms with Crippen LogP contribution in [0.1, 0.15) is 45.1 Å². The first-order valence-corrected chi connectivity index (χ1v) is 6.96. The number of aromatic nitrogens is 4. The van der Waals surface area contributed by atoms with Crippen molar-refractivity contribution in [3.8, 4) is 0 Å². The predicted molar refractivity (Wildman–Crippen MR) is 79.3 cm³/mol. The van der Waals surface area contributed by atoms with Crippen molar-refractivity contribution in [1.29, 1.82) is 0 Å². The van der Waals surface area contributed by atoms with Crippen LogP contribution in [0.4, 0.5) is 0 Å². The topological polar surface area (TPSA) is 55.6 Å². The van der Waals surface area contributed by atoms with Gasteiger partial charge in [-0.3, -0.25) is 0 Å². The summed E-state index contributed by atoms with van der Waals surface area (Å²) in [5, 5.41) is 15.2. The number of nitrogens with one attached hydrogen (secondary N) is 1. The molecule has 0 bridgehead atoms. The zero-order valence-electron chi connectivity index (χ0n) is 12.8. The molecule has 0 saturated heterocycles. The minimum absolute atomic E-state index is 0.0293. The van der Waals surface area contributed by atoms with Crippen LogP contribution in [0.25, 0.3) is 0 Å². The maximum atomic E-state index is 4.06. The Labute approximate surface area is 120 Å². The van der Waals surface area contributed by atoms with Gasteiger partial charge in [0.25, 0.3) is 0 Å². The molecular weight excluding hydrogens is 250 g/mol. The van der Waals surface area contributed by atoms with Crippen LogP contribution in [0.2, 0.25) is 0 Å². The van der Waals surface area contributed by atoms with E-state index in [2.05, 4.69) is 72.8 Å². The summed E-state index contributed by atoms with van der Waals surface area (Å²) >= 11 is 0. The second kappa shape index (κ2) is 5.71. The molecule has 5 nitrogen and oxygen atoms in total. The normalized spacial score (nSPS) is 15.1. The van der Waals surface area contributed by atoms with Crippen LogP contribution in [-0.4, -0.2) is 26.2 Å². The van der Waals surface area contributed by atoms with Crippen LogP contribution in [-0.2, 0) is 12.5 Å².